The second-order valence-electron chi connectivity index (χ2n) is 6.10. The number of aryl methyl sites for hydroxylation is 1. The molecule has 1 aliphatic carbocycles. The van der Waals surface area contributed by atoms with Crippen LogP contribution in [0.25, 0.3) is 0 Å². The number of nitrogens with one attached hydrogen (secondary N) is 2. The third kappa shape index (κ3) is 3.11. The molecule has 0 aromatic carbocycles. The first-order valence-corrected chi connectivity index (χ1v) is 7.47. The van der Waals surface area contributed by atoms with Gasteiger partial charge in [0.2, 0.25) is 0 Å². The van der Waals surface area contributed by atoms with Gasteiger partial charge in [-0.15, -0.1) is 0 Å². The summed E-state index contributed by atoms with van der Waals surface area (Å²) in [6, 6.07) is 1.92. The van der Waals surface area contributed by atoms with E-state index < -0.39 is 0 Å². The molecule has 1 aliphatic rings. The number of carbonyl (C=O) groups is 1. The molecule has 110 valence electrons. The van der Waals surface area contributed by atoms with Crippen molar-refractivity contribution in [3.8, 4) is 0 Å². The van der Waals surface area contributed by atoms with Crippen LogP contribution in [-0.2, 0) is 0 Å². The number of pyridine rings is 1. The van der Waals surface area contributed by atoms with Crippen LogP contribution >= 0.6 is 0 Å². The maximum atomic E-state index is 12.4. The van der Waals surface area contributed by atoms with Gasteiger partial charge in [0.25, 0.3) is 5.91 Å². The zero-order valence-electron chi connectivity index (χ0n) is 12.9. The maximum Gasteiger partial charge on any atom is 0.254 e. The summed E-state index contributed by atoms with van der Waals surface area (Å²) < 4.78 is 0. The number of amides is 1. The highest BCUT2D eigenvalue weighted by Crippen LogP contribution is 2.51. The summed E-state index contributed by atoms with van der Waals surface area (Å²) >= 11 is 0. The van der Waals surface area contributed by atoms with Gasteiger partial charge in [0, 0.05) is 25.0 Å². The zero-order chi connectivity index (χ0) is 14.8. The van der Waals surface area contributed by atoms with Crippen LogP contribution in [0.5, 0.6) is 0 Å². The summed E-state index contributed by atoms with van der Waals surface area (Å²) in [4.78, 5) is 16.6. The van der Waals surface area contributed by atoms with Crippen molar-refractivity contribution in [2.45, 2.75) is 40.5 Å². The van der Waals surface area contributed by atoms with Gasteiger partial charge < -0.3 is 10.6 Å². The molecule has 0 aliphatic heterocycles. The minimum absolute atomic E-state index is 0.0274. The standard InChI is InChI=1S/C16H25N3O/c1-5-17-14-8-12(4)18-9-13(14)15(20)19-10-16(6-7-16)11(2)3/h8-9,11H,5-7,10H2,1-4H3,(H,17,18)(H,19,20). The molecule has 1 amide bonds. The molecule has 0 radical (unpaired) electrons. The van der Waals surface area contributed by atoms with Crippen LogP contribution in [0.3, 0.4) is 0 Å². The lowest BCUT2D eigenvalue weighted by Crippen LogP contribution is -2.33. The van der Waals surface area contributed by atoms with Gasteiger partial charge in [-0.25, -0.2) is 0 Å². The number of anilines is 1. The van der Waals surface area contributed by atoms with E-state index in [0.29, 0.717) is 16.9 Å². The molecule has 1 aromatic heterocycles. The zero-order valence-corrected chi connectivity index (χ0v) is 12.9. The molecule has 0 bridgehead atoms. The third-order valence-corrected chi connectivity index (χ3v) is 4.37. The van der Waals surface area contributed by atoms with E-state index in [9.17, 15) is 4.79 Å². The Bertz CT molecular complexity index is 492. The van der Waals surface area contributed by atoms with Crippen LogP contribution in [0.4, 0.5) is 5.69 Å². The first-order valence-electron chi connectivity index (χ1n) is 7.47. The van der Waals surface area contributed by atoms with Crippen LogP contribution in [0.2, 0.25) is 0 Å². The van der Waals surface area contributed by atoms with E-state index >= 15 is 0 Å². The Balaban J connectivity index is 2.05. The lowest BCUT2D eigenvalue weighted by atomic mass is 9.92. The van der Waals surface area contributed by atoms with Crippen molar-refractivity contribution in [2.75, 3.05) is 18.4 Å². The molecule has 20 heavy (non-hydrogen) atoms. The van der Waals surface area contributed by atoms with E-state index in [1.54, 1.807) is 6.20 Å². The van der Waals surface area contributed by atoms with Crippen molar-refractivity contribution < 1.29 is 4.79 Å². The lowest BCUT2D eigenvalue weighted by Gasteiger charge is -2.20. The van der Waals surface area contributed by atoms with Gasteiger partial charge in [-0.3, -0.25) is 9.78 Å². The Morgan fingerprint density at radius 1 is 1.45 bits per heavy atom. The van der Waals surface area contributed by atoms with Crippen LogP contribution in [0, 0.1) is 18.3 Å². The van der Waals surface area contributed by atoms with Gasteiger partial charge in [-0.2, -0.15) is 0 Å². The van der Waals surface area contributed by atoms with Crippen molar-refractivity contribution in [2.24, 2.45) is 11.3 Å². The highest BCUT2D eigenvalue weighted by atomic mass is 16.1. The fourth-order valence-electron chi connectivity index (χ4n) is 2.55. The van der Waals surface area contributed by atoms with Gasteiger partial charge in [-0.05, 0) is 44.1 Å². The second kappa shape index (κ2) is 5.81. The maximum absolute atomic E-state index is 12.4. The second-order valence-corrected chi connectivity index (χ2v) is 6.10. The van der Waals surface area contributed by atoms with Crippen molar-refractivity contribution in [3.05, 3.63) is 23.5 Å². The Hall–Kier alpha value is -1.58. The van der Waals surface area contributed by atoms with Gasteiger partial charge in [0.05, 0.1) is 11.3 Å². The predicted octanol–water partition coefficient (Wildman–Crippen LogP) is 2.99. The molecule has 0 saturated heterocycles. The molecule has 4 heteroatoms. The molecule has 0 unspecified atom stereocenters. The van der Waals surface area contributed by atoms with E-state index in [1.807, 2.05) is 19.9 Å². The number of hydrogen-bond donors (Lipinski definition) is 2. The largest absolute Gasteiger partial charge is 0.385 e. The van der Waals surface area contributed by atoms with Crippen molar-refractivity contribution in [3.63, 3.8) is 0 Å². The van der Waals surface area contributed by atoms with E-state index in [4.69, 9.17) is 0 Å². The summed E-state index contributed by atoms with van der Waals surface area (Å²) in [7, 11) is 0. The van der Waals surface area contributed by atoms with Gasteiger partial charge in [0.1, 0.15) is 0 Å². The van der Waals surface area contributed by atoms with Crippen LogP contribution in [-0.4, -0.2) is 24.0 Å². The fourth-order valence-corrected chi connectivity index (χ4v) is 2.55. The Kier molecular flexibility index (Phi) is 4.31. The summed E-state index contributed by atoms with van der Waals surface area (Å²) in [5, 5.41) is 6.31. The van der Waals surface area contributed by atoms with Crippen molar-refractivity contribution in [1.29, 1.82) is 0 Å². The molecule has 1 fully saturated rings. The number of rotatable bonds is 6. The molecule has 2 N–H and O–H groups in total. The molecular weight excluding hydrogens is 250 g/mol. The minimum Gasteiger partial charge on any atom is -0.385 e. The van der Waals surface area contributed by atoms with Crippen molar-refractivity contribution in [1.82, 2.24) is 10.3 Å². The highest BCUT2D eigenvalue weighted by molar-refractivity contribution is 5.99. The lowest BCUT2D eigenvalue weighted by molar-refractivity contribution is 0.0940. The molecule has 1 saturated carbocycles. The number of carbonyl (C=O) groups excluding carboxylic acids is 1. The smallest absolute Gasteiger partial charge is 0.254 e. The van der Waals surface area contributed by atoms with Crippen molar-refractivity contribution >= 4 is 11.6 Å². The first kappa shape index (κ1) is 14.8. The van der Waals surface area contributed by atoms with Crippen LogP contribution in [0.1, 0.15) is 49.7 Å². The predicted molar refractivity (Wildman–Crippen MR) is 82.0 cm³/mol. The summed E-state index contributed by atoms with van der Waals surface area (Å²) in [5.41, 5.74) is 2.74. The third-order valence-electron chi connectivity index (χ3n) is 4.37. The Morgan fingerprint density at radius 2 is 2.15 bits per heavy atom. The van der Waals surface area contributed by atoms with E-state index in [0.717, 1.165) is 24.5 Å². The van der Waals surface area contributed by atoms with Crippen LogP contribution in [0.15, 0.2) is 12.3 Å². The average molecular weight is 275 g/mol. The quantitative estimate of drug-likeness (QED) is 0.839. The molecule has 1 aromatic rings. The summed E-state index contributed by atoms with van der Waals surface area (Å²) in [6.07, 6.45) is 4.10. The van der Waals surface area contributed by atoms with E-state index in [2.05, 4.69) is 29.5 Å². The molecular formula is C16H25N3O. The topological polar surface area (TPSA) is 54.0 Å². The molecule has 1 heterocycles. The monoisotopic (exact) mass is 275 g/mol. The average Bonchev–Trinajstić information content (AvgIpc) is 3.18. The highest BCUT2D eigenvalue weighted by Gasteiger charge is 2.45. The van der Waals surface area contributed by atoms with Gasteiger partial charge in [0.15, 0.2) is 0 Å². The van der Waals surface area contributed by atoms with Crippen LogP contribution < -0.4 is 10.6 Å². The summed E-state index contributed by atoms with van der Waals surface area (Å²) in [6.45, 7) is 9.98. The summed E-state index contributed by atoms with van der Waals surface area (Å²) in [5.74, 6) is 0.590. The SMILES string of the molecule is CCNc1cc(C)ncc1C(=O)NCC1(C(C)C)CC1. The molecule has 4 nitrogen and oxygen atoms in total. The molecule has 2 rings (SSSR count). The fraction of sp³-hybridized carbons (Fsp3) is 0.625. The number of aromatic nitrogens is 1. The first-order chi connectivity index (χ1) is 9.48. The normalized spacial score (nSPS) is 16.1. The van der Waals surface area contributed by atoms with E-state index in [1.165, 1.54) is 12.8 Å². The number of nitrogens with zero attached hydrogens (tertiary/aromatic N) is 1. The minimum atomic E-state index is -0.0274. The van der Waals surface area contributed by atoms with Gasteiger partial charge in [-0.1, -0.05) is 13.8 Å². The Labute approximate surface area is 121 Å². The Morgan fingerprint density at radius 3 is 2.70 bits per heavy atom. The van der Waals surface area contributed by atoms with Gasteiger partial charge >= 0.3 is 0 Å². The number of hydrogen-bond acceptors (Lipinski definition) is 3. The molecule has 0 atom stereocenters. The van der Waals surface area contributed by atoms with E-state index in [-0.39, 0.29) is 5.91 Å². The molecule has 0 spiro atoms.